The molecule has 0 aliphatic carbocycles. The molecule has 92 valence electrons. The smallest absolute Gasteiger partial charge is 0.331 e. The Bertz CT molecular complexity index is 384. The van der Waals surface area contributed by atoms with Crippen molar-refractivity contribution in [3.63, 3.8) is 0 Å². The zero-order valence-corrected chi connectivity index (χ0v) is 10.6. The van der Waals surface area contributed by atoms with Crippen molar-refractivity contribution in [2.24, 2.45) is 0 Å². The van der Waals surface area contributed by atoms with Crippen LogP contribution in [0.1, 0.15) is 26.3 Å². The number of carbonyl (C=O) groups excluding carboxylic acids is 1. The molecule has 1 atom stereocenters. The van der Waals surface area contributed by atoms with Gasteiger partial charge in [0.2, 0.25) is 0 Å². The number of esters is 1. The highest BCUT2D eigenvalue weighted by Crippen LogP contribution is 2.20. The van der Waals surface area contributed by atoms with E-state index in [1.165, 1.54) is 0 Å². The van der Waals surface area contributed by atoms with Gasteiger partial charge in [0.05, 0.1) is 0 Å². The Morgan fingerprint density at radius 1 is 1.41 bits per heavy atom. The molecule has 1 aromatic rings. The first-order valence-corrected chi connectivity index (χ1v) is 5.62. The molecule has 1 N–H and O–H groups in total. The lowest BCUT2D eigenvalue weighted by molar-refractivity contribution is -0.144. The summed E-state index contributed by atoms with van der Waals surface area (Å²) < 4.78 is 5.09. The minimum atomic E-state index is -0.422. The number of carbonyl (C=O) groups is 1. The van der Waals surface area contributed by atoms with Gasteiger partial charge < -0.3 is 4.74 Å². The normalized spacial score (nSPS) is 12.9. The third kappa shape index (κ3) is 4.04. The van der Waals surface area contributed by atoms with E-state index >= 15 is 0 Å². The van der Waals surface area contributed by atoms with Crippen LogP contribution in [-0.2, 0) is 15.1 Å². The van der Waals surface area contributed by atoms with Crippen molar-refractivity contribution in [2.75, 3.05) is 0 Å². The minimum Gasteiger partial charge on any atom is -0.444 e. The van der Waals surface area contributed by atoms with Crippen molar-refractivity contribution in [2.45, 2.75) is 32.5 Å². The van der Waals surface area contributed by atoms with Crippen LogP contribution in [0.2, 0.25) is 0 Å². The summed E-state index contributed by atoms with van der Waals surface area (Å²) >= 11 is 0. The van der Waals surface area contributed by atoms with E-state index in [9.17, 15) is 4.79 Å². The van der Waals surface area contributed by atoms with E-state index in [2.05, 4.69) is 11.9 Å². The fraction of sp³-hybridized carbons (Fsp3) is 0.357. The lowest BCUT2D eigenvalue weighted by Gasteiger charge is -2.30. The zero-order chi connectivity index (χ0) is 12.9. The second-order valence-corrected chi connectivity index (χ2v) is 4.42. The van der Waals surface area contributed by atoms with E-state index in [0.29, 0.717) is 0 Å². The zero-order valence-electron chi connectivity index (χ0n) is 10.6. The first-order valence-electron chi connectivity index (χ1n) is 5.62. The SMILES string of the molecule is C=CC(=O)OC(C)NC(C)(C)c1ccccc1. The predicted octanol–water partition coefficient (Wildman–Crippen LogP) is 2.59. The van der Waals surface area contributed by atoms with Crippen molar-refractivity contribution in [3.8, 4) is 0 Å². The van der Waals surface area contributed by atoms with Gasteiger partial charge in [0.25, 0.3) is 0 Å². The van der Waals surface area contributed by atoms with Crippen molar-refractivity contribution < 1.29 is 9.53 Å². The molecule has 17 heavy (non-hydrogen) atoms. The molecule has 3 nitrogen and oxygen atoms in total. The van der Waals surface area contributed by atoms with Crippen LogP contribution in [0, 0.1) is 0 Å². The van der Waals surface area contributed by atoms with Gasteiger partial charge in [-0.2, -0.15) is 0 Å². The molecule has 3 heteroatoms. The fourth-order valence-corrected chi connectivity index (χ4v) is 1.70. The molecular formula is C14H19NO2. The third-order valence-corrected chi connectivity index (χ3v) is 2.52. The Hall–Kier alpha value is -1.61. The van der Waals surface area contributed by atoms with E-state index in [0.717, 1.165) is 11.6 Å². The van der Waals surface area contributed by atoms with Crippen molar-refractivity contribution in [1.82, 2.24) is 5.32 Å². The van der Waals surface area contributed by atoms with E-state index in [1.54, 1.807) is 6.92 Å². The number of nitrogens with one attached hydrogen (secondary N) is 1. The summed E-state index contributed by atoms with van der Waals surface area (Å²) in [5.74, 6) is -0.422. The topological polar surface area (TPSA) is 38.3 Å². The van der Waals surface area contributed by atoms with Gasteiger partial charge in [0.15, 0.2) is 6.23 Å². The molecule has 0 saturated heterocycles. The molecule has 0 fully saturated rings. The van der Waals surface area contributed by atoms with E-state index in [-0.39, 0.29) is 11.8 Å². The molecule has 0 aliphatic rings. The lowest BCUT2D eigenvalue weighted by atomic mass is 9.94. The Kier molecular flexibility index (Phi) is 4.46. The molecule has 0 aliphatic heterocycles. The van der Waals surface area contributed by atoms with E-state index < -0.39 is 5.97 Å². The van der Waals surface area contributed by atoms with Gasteiger partial charge >= 0.3 is 5.97 Å². The number of benzene rings is 1. The highest BCUT2D eigenvalue weighted by Gasteiger charge is 2.23. The Labute approximate surface area is 102 Å². The summed E-state index contributed by atoms with van der Waals surface area (Å²) in [5, 5.41) is 3.25. The highest BCUT2D eigenvalue weighted by molar-refractivity contribution is 5.81. The quantitative estimate of drug-likeness (QED) is 0.482. The molecule has 0 aromatic heterocycles. The average molecular weight is 233 g/mol. The van der Waals surface area contributed by atoms with Gasteiger partial charge in [-0.05, 0) is 26.3 Å². The summed E-state index contributed by atoms with van der Waals surface area (Å²) in [6.45, 7) is 9.25. The number of rotatable bonds is 5. The molecule has 0 bridgehead atoms. The molecule has 0 radical (unpaired) electrons. The second-order valence-electron chi connectivity index (χ2n) is 4.42. The molecule has 0 heterocycles. The number of ether oxygens (including phenoxy) is 1. The highest BCUT2D eigenvalue weighted by atomic mass is 16.6. The summed E-state index contributed by atoms with van der Waals surface area (Å²) in [6.07, 6.45) is 0.795. The van der Waals surface area contributed by atoms with Crippen LogP contribution in [0.3, 0.4) is 0 Å². The van der Waals surface area contributed by atoms with Crippen molar-refractivity contribution >= 4 is 5.97 Å². The van der Waals surface area contributed by atoms with Gasteiger partial charge in [-0.1, -0.05) is 36.9 Å². The first kappa shape index (κ1) is 13.5. The van der Waals surface area contributed by atoms with Crippen LogP contribution in [0.4, 0.5) is 0 Å². The lowest BCUT2D eigenvalue weighted by Crippen LogP contribution is -2.44. The Balaban J connectivity index is 2.66. The van der Waals surface area contributed by atoms with Gasteiger partial charge in [-0.25, -0.2) is 4.79 Å². The van der Waals surface area contributed by atoms with Crippen LogP contribution < -0.4 is 5.32 Å². The van der Waals surface area contributed by atoms with Crippen LogP contribution >= 0.6 is 0 Å². The molecule has 1 aromatic carbocycles. The molecule has 0 amide bonds. The summed E-state index contributed by atoms with van der Waals surface area (Å²) in [7, 11) is 0. The molecule has 1 rings (SSSR count). The van der Waals surface area contributed by atoms with Gasteiger partial charge in [-0.15, -0.1) is 0 Å². The van der Waals surface area contributed by atoms with Crippen LogP contribution in [0.15, 0.2) is 43.0 Å². The van der Waals surface area contributed by atoms with Crippen LogP contribution in [0.5, 0.6) is 0 Å². The summed E-state index contributed by atoms with van der Waals surface area (Å²) in [5.41, 5.74) is 0.879. The second kappa shape index (κ2) is 5.64. The third-order valence-electron chi connectivity index (χ3n) is 2.52. The molecule has 0 spiro atoms. The monoisotopic (exact) mass is 233 g/mol. The van der Waals surface area contributed by atoms with Crippen molar-refractivity contribution in [3.05, 3.63) is 48.6 Å². The molecule has 1 unspecified atom stereocenters. The van der Waals surface area contributed by atoms with Crippen LogP contribution in [0.25, 0.3) is 0 Å². The maximum atomic E-state index is 11.1. The number of hydrogen-bond acceptors (Lipinski definition) is 3. The molecular weight excluding hydrogens is 214 g/mol. The summed E-state index contributed by atoms with van der Waals surface area (Å²) in [6, 6.07) is 10.0. The fourth-order valence-electron chi connectivity index (χ4n) is 1.70. The van der Waals surface area contributed by atoms with E-state index in [1.807, 2.05) is 44.2 Å². The largest absolute Gasteiger partial charge is 0.444 e. The first-order chi connectivity index (χ1) is 7.95. The van der Waals surface area contributed by atoms with Gasteiger partial charge in [-0.3, -0.25) is 5.32 Å². The maximum absolute atomic E-state index is 11.1. The van der Waals surface area contributed by atoms with Gasteiger partial charge in [0, 0.05) is 11.6 Å². The van der Waals surface area contributed by atoms with Crippen LogP contribution in [-0.4, -0.2) is 12.2 Å². The predicted molar refractivity (Wildman–Crippen MR) is 68.4 cm³/mol. The maximum Gasteiger partial charge on any atom is 0.331 e. The Morgan fingerprint density at radius 2 is 2.00 bits per heavy atom. The average Bonchev–Trinajstić information content (AvgIpc) is 2.29. The van der Waals surface area contributed by atoms with Gasteiger partial charge in [0.1, 0.15) is 0 Å². The minimum absolute atomic E-state index is 0.262. The number of hydrogen-bond donors (Lipinski definition) is 1. The summed E-state index contributed by atoms with van der Waals surface area (Å²) in [4.78, 5) is 11.1. The standard InChI is InChI=1S/C14H19NO2/c1-5-13(16)17-11(2)15-14(3,4)12-9-7-6-8-10-12/h5-11,15H,1H2,2-4H3. The molecule has 0 saturated carbocycles. The Morgan fingerprint density at radius 3 is 2.53 bits per heavy atom. The van der Waals surface area contributed by atoms with Crippen molar-refractivity contribution in [1.29, 1.82) is 0 Å². The van der Waals surface area contributed by atoms with E-state index in [4.69, 9.17) is 4.74 Å².